The Kier molecular flexibility index (Phi) is 6.63. The number of carbonyl (C=O) groups excluding carboxylic acids is 2. The lowest BCUT2D eigenvalue weighted by Crippen LogP contribution is -2.48. The van der Waals surface area contributed by atoms with E-state index in [2.05, 4.69) is 24.3 Å². The third-order valence-electron chi connectivity index (χ3n) is 5.68. The highest BCUT2D eigenvalue weighted by Gasteiger charge is 2.34. The summed E-state index contributed by atoms with van der Waals surface area (Å²) in [6.45, 7) is 8.37. The first-order valence-electron chi connectivity index (χ1n) is 10.6. The highest BCUT2D eigenvalue weighted by atomic mass is 16.6. The monoisotopic (exact) mass is 386 g/mol. The van der Waals surface area contributed by atoms with Crippen LogP contribution in [0.5, 0.6) is 0 Å². The topological polar surface area (TPSA) is 49.9 Å². The van der Waals surface area contributed by atoms with E-state index in [1.54, 1.807) is 4.90 Å². The first-order valence-corrected chi connectivity index (χ1v) is 10.6. The van der Waals surface area contributed by atoms with Gasteiger partial charge < -0.3 is 14.5 Å². The molecule has 5 heteroatoms. The minimum atomic E-state index is -0.512. The Bertz CT molecular complexity index is 668. The van der Waals surface area contributed by atoms with Crippen molar-refractivity contribution in [2.45, 2.75) is 64.4 Å². The lowest BCUT2D eigenvalue weighted by molar-refractivity contribution is -0.137. The Morgan fingerprint density at radius 3 is 2.36 bits per heavy atom. The lowest BCUT2D eigenvalue weighted by atomic mass is 9.93. The number of rotatable bonds is 2. The van der Waals surface area contributed by atoms with Crippen molar-refractivity contribution >= 4 is 12.0 Å². The van der Waals surface area contributed by atoms with Crippen LogP contribution in [0.4, 0.5) is 4.79 Å². The van der Waals surface area contributed by atoms with Gasteiger partial charge in [0.15, 0.2) is 0 Å². The molecule has 0 N–H and O–H groups in total. The third-order valence-corrected chi connectivity index (χ3v) is 5.68. The maximum atomic E-state index is 13.3. The second-order valence-corrected chi connectivity index (χ2v) is 9.15. The Balaban J connectivity index is 1.64. The van der Waals surface area contributed by atoms with Crippen LogP contribution < -0.4 is 0 Å². The molecule has 2 fully saturated rings. The van der Waals surface area contributed by atoms with Crippen molar-refractivity contribution in [1.82, 2.24) is 9.80 Å². The number of piperidine rings is 1. The summed E-state index contributed by atoms with van der Waals surface area (Å²) in [5.41, 5.74) is 0.808. The number of likely N-dealkylation sites (tertiary alicyclic amines) is 2. The summed E-state index contributed by atoms with van der Waals surface area (Å²) in [6.07, 6.45) is 4.73. The van der Waals surface area contributed by atoms with Crippen molar-refractivity contribution in [3.05, 3.63) is 35.9 Å². The van der Waals surface area contributed by atoms with Crippen molar-refractivity contribution in [2.75, 3.05) is 26.2 Å². The number of benzene rings is 1. The van der Waals surface area contributed by atoms with Gasteiger partial charge in [-0.05, 0) is 52.0 Å². The molecule has 0 aliphatic carbocycles. The van der Waals surface area contributed by atoms with Gasteiger partial charge in [0.2, 0.25) is 5.91 Å². The molecule has 0 saturated carbocycles. The second-order valence-electron chi connectivity index (χ2n) is 9.15. The summed E-state index contributed by atoms with van der Waals surface area (Å²) in [4.78, 5) is 29.5. The molecule has 2 unspecified atom stereocenters. The minimum Gasteiger partial charge on any atom is -0.444 e. The first-order chi connectivity index (χ1) is 13.3. The van der Waals surface area contributed by atoms with Crippen LogP contribution in [0.1, 0.15) is 64.4 Å². The lowest BCUT2D eigenvalue weighted by Gasteiger charge is -2.36. The predicted molar refractivity (Wildman–Crippen MR) is 110 cm³/mol. The average Bonchev–Trinajstić information content (AvgIpc) is 2.93. The quantitative estimate of drug-likeness (QED) is 0.755. The Labute approximate surface area is 169 Å². The Morgan fingerprint density at radius 1 is 0.929 bits per heavy atom. The largest absolute Gasteiger partial charge is 0.444 e. The molecule has 5 nitrogen and oxygen atoms in total. The average molecular weight is 387 g/mol. The van der Waals surface area contributed by atoms with Gasteiger partial charge in [-0.15, -0.1) is 0 Å². The van der Waals surface area contributed by atoms with E-state index in [0.29, 0.717) is 19.0 Å². The van der Waals surface area contributed by atoms with Crippen LogP contribution in [-0.2, 0) is 9.53 Å². The molecule has 2 atom stereocenters. The number of carbonyl (C=O) groups is 2. The molecule has 2 amide bonds. The molecule has 0 bridgehead atoms. The van der Waals surface area contributed by atoms with E-state index >= 15 is 0 Å². The van der Waals surface area contributed by atoms with Gasteiger partial charge >= 0.3 is 6.09 Å². The molecule has 0 radical (unpaired) electrons. The van der Waals surface area contributed by atoms with Crippen LogP contribution >= 0.6 is 0 Å². The maximum Gasteiger partial charge on any atom is 0.410 e. The highest BCUT2D eigenvalue weighted by Crippen LogP contribution is 2.29. The number of hydrogen-bond donors (Lipinski definition) is 0. The van der Waals surface area contributed by atoms with E-state index in [1.165, 1.54) is 5.56 Å². The van der Waals surface area contributed by atoms with Gasteiger partial charge in [0.05, 0.1) is 5.92 Å². The summed E-state index contributed by atoms with van der Waals surface area (Å²) < 4.78 is 5.51. The summed E-state index contributed by atoms with van der Waals surface area (Å²) in [6, 6.07) is 10.5. The van der Waals surface area contributed by atoms with Gasteiger partial charge in [-0.1, -0.05) is 36.8 Å². The van der Waals surface area contributed by atoms with Crippen LogP contribution in [0.2, 0.25) is 0 Å². The molecule has 2 aliphatic rings. The van der Waals surface area contributed by atoms with E-state index in [4.69, 9.17) is 4.74 Å². The standard InChI is InChI=1S/C23H34N2O3/c1-23(2,3)28-22(27)25-15-9-13-20(17-25)21(26)24-14-8-7-12-19(16-24)18-10-5-4-6-11-18/h4-6,10-11,19-20H,7-9,12-17H2,1-3H3. The zero-order valence-corrected chi connectivity index (χ0v) is 17.5. The molecule has 0 aromatic heterocycles. The van der Waals surface area contributed by atoms with Crippen LogP contribution in [0.3, 0.4) is 0 Å². The normalized spacial score (nSPS) is 23.8. The van der Waals surface area contributed by atoms with E-state index in [1.807, 2.05) is 31.7 Å². The zero-order valence-electron chi connectivity index (χ0n) is 17.5. The maximum absolute atomic E-state index is 13.3. The van der Waals surface area contributed by atoms with E-state index in [9.17, 15) is 9.59 Å². The van der Waals surface area contributed by atoms with Crippen LogP contribution in [0.25, 0.3) is 0 Å². The van der Waals surface area contributed by atoms with Crippen LogP contribution in [-0.4, -0.2) is 53.6 Å². The summed E-state index contributed by atoms with van der Waals surface area (Å²) in [5, 5.41) is 0. The van der Waals surface area contributed by atoms with Crippen molar-refractivity contribution in [3.63, 3.8) is 0 Å². The Hall–Kier alpha value is -2.04. The number of nitrogens with zero attached hydrogens (tertiary/aromatic N) is 2. The SMILES string of the molecule is CC(C)(C)OC(=O)N1CCCC(C(=O)N2CCCCC(c3ccccc3)C2)C1. The van der Waals surface area contributed by atoms with Gasteiger partial charge in [0.25, 0.3) is 0 Å². The molecule has 154 valence electrons. The molecule has 0 spiro atoms. The molecule has 2 saturated heterocycles. The van der Waals surface area contributed by atoms with Gasteiger partial charge in [-0.2, -0.15) is 0 Å². The third kappa shape index (κ3) is 5.49. The molecule has 2 aliphatic heterocycles. The van der Waals surface area contributed by atoms with E-state index in [-0.39, 0.29) is 17.9 Å². The molecule has 3 rings (SSSR count). The fourth-order valence-electron chi connectivity index (χ4n) is 4.27. The fraction of sp³-hybridized carbons (Fsp3) is 0.652. The number of amides is 2. The molecule has 1 aromatic carbocycles. The Morgan fingerprint density at radius 2 is 1.64 bits per heavy atom. The van der Waals surface area contributed by atoms with Gasteiger partial charge in [-0.3, -0.25) is 4.79 Å². The first kappa shape index (κ1) is 20.7. The second kappa shape index (κ2) is 8.97. The van der Waals surface area contributed by atoms with Crippen molar-refractivity contribution < 1.29 is 14.3 Å². The smallest absolute Gasteiger partial charge is 0.410 e. The van der Waals surface area contributed by atoms with Crippen molar-refractivity contribution in [1.29, 1.82) is 0 Å². The van der Waals surface area contributed by atoms with Gasteiger partial charge in [0.1, 0.15) is 5.60 Å². The molecule has 2 heterocycles. The zero-order chi connectivity index (χ0) is 20.1. The molecular formula is C23H34N2O3. The minimum absolute atomic E-state index is 0.115. The predicted octanol–water partition coefficient (Wildman–Crippen LogP) is 4.43. The number of ether oxygens (including phenoxy) is 1. The fourth-order valence-corrected chi connectivity index (χ4v) is 4.27. The van der Waals surface area contributed by atoms with E-state index < -0.39 is 5.60 Å². The van der Waals surface area contributed by atoms with E-state index in [0.717, 1.165) is 45.2 Å². The summed E-state index contributed by atoms with van der Waals surface area (Å²) in [7, 11) is 0. The van der Waals surface area contributed by atoms with Crippen molar-refractivity contribution in [2.24, 2.45) is 5.92 Å². The van der Waals surface area contributed by atoms with Crippen LogP contribution in [0, 0.1) is 5.92 Å². The van der Waals surface area contributed by atoms with Gasteiger partial charge in [0, 0.05) is 32.1 Å². The van der Waals surface area contributed by atoms with Gasteiger partial charge in [-0.25, -0.2) is 4.79 Å². The van der Waals surface area contributed by atoms with Crippen LogP contribution in [0.15, 0.2) is 30.3 Å². The summed E-state index contributed by atoms with van der Waals surface area (Å²) in [5.74, 6) is 0.491. The molecular weight excluding hydrogens is 352 g/mol. The molecule has 28 heavy (non-hydrogen) atoms. The molecule has 1 aromatic rings. The summed E-state index contributed by atoms with van der Waals surface area (Å²) >= 11 is 0. The van der Waals surface area contributed by atoms with Crippen molar-refractivity contribution in [3.8, 4) is 0 Å². The number of hydrogen-bond acceptors (Lipinski definition) is 3. The highest BCUT2D eigenvalue weighted by molar-refractivity contribution is 5.80.